The Morgan fingerprint density at radius 1 is 0.944 bits per heavy atom. The number of aromatic nitrogens is 2. The summed E-state index contributed by atoms with van der Waals surface area (Å²) in [7, 11) is 0. The molecule has 0 saturated carbocycles. The summed E-state index contributed by atoms with van der Waals surface area (Å²) in [6.07, 6.45) is 11.1. The Kier molecular flexibility index (Phi) is 8.25. The highest BCUT2D eigenvalue weighted by Gasteiger charge is 2.15. The fourth-order valence-corrected chi connectivity index (χ4v) is 4.04. The molecule has 3 heterocycles. The first-order valence-electron chi connectivity index (χ1n) is 12.4. The van der Waals surface area contributed by atoms with E-state index in [0.717, 1.165) is 46.7 Å². The Balaban J connectivity index is 0.000000229. The highest BCUT2D eigenvalue weighted by molar-refractivity contribution is 5.86. The van der Waals surface area contributed by atoms with E-state index in [1.54, 1.807) is 0 Å². The molecule has 180 valence electrons. The second-order valence-corrected chi connectivity index (χ2v) is 8.96. The van der Waals surface area contributed by atoms with Gasteiger partial charge in [0.05, 0.1) is 11.2 Å². The molecule has 0 bridgehead atoms. The quantitative estimate of drug-likeness (QED) is 0.304. The van der Waals surface area contributed by atoms with E-state index >= 15 is 0 Å². The van der Waals surface area contributed by atoms with E-state index in [9.17, 15) is 0 Å². The topological polar surface area (TPSA) is 37.8 Å². The first-order valence-corrected chi connectivity index (χ1v) is 12.4. The van der Waals surface area contributed by atoms with Crippen molar-refractivity contribution in [3.05, 3.63) is 138 Å². The first-order chi connectivity index (χ1) is 17.5. The van der Waals surface area contributed by atoms with Gasteiger partial charge in [-0.3, -0.25) is 4.98 Å². The number of hydrogen-bond donors (Lipinski definition) is 1. The fraction of sp³-hybridized carbons (Fsp3) is 0.152. The van der Waals surface area contributed by atoms with E-state index in [2.05, 4.69) is 104 Å². The van der Waals surface area contributed by atoms with Gasteiger partial charge >= 0.3 is 0 Å². The number of fused-ring (bicyclic) bond motifs is 2. The summed E-state index contributed by atoms with van der Waals surface area (Å²) < 4.78 is 0. The molecule has 0 spiro atoms. The lowest BCUT2D eigenvalue weighted by atomic mass is 9.97. The molecule has 0 atom stereocenters. The Bertz CT molecular complexity index is 1440. The van der Waals surface area contributed by atoms with Crippen LogP contribution in [0.4, 0.5) is 5.82 Å². The third-order valence-corrected chi connectivity index (χ3v) is 6.14. The third kappa shape index (κ3) is 6.25. The molecule has 36 heavy (non-hydrogen) atoms. The summed E-state index contributed by atoms with van der Waals surface area (Å²) in [5, 5.41) is 4.69. The lowest BCUT2D eigenvalue weighted by Crippen LogP contribution is -2.04. The largest absolute Gasteiger partial charge is 0.369 e. The van der Waals surface area contributed by atoms with E-state index in [1.165, 1.54) is 22.1 Å². The molecule has 1 aliphatic rings. The van der Waals surface area contributed by atoms with Crippen molar-refractivity contribution in [3.63, 3.8) is 0 Å². The summed E-state index contributed by atoms with van der Waals surface area (Å²) in [6.45, 7) is 10.9. The number of nitrogens with one attached hydrogen (secondary N) is 1. The van der Waals surface area contributed by atoms with Crippen molar-refractivity contribution in [2.24, 2.45) is 0 Å². The van der Waals surface area contributed by atoms with Gasteiger partial charge in [-0.2, -0.15) is 0 Å². The van der Waals surface area contributed by atoms with Crippen molar-refractivity contribution in [2.75, 3.05) is 11.9 Å². The average molecular weight is 472 g/mol. The standard InChI is InChI=1S/C23H24N2.C10H9N/c1-4-17(2)12-13-18(3)22-15-14-21-20(19-9-6-5-7-10-19)11-8-16-24-23(21)25-22;1-8-4-5-10-9(7-8)3-2-6-11-10/h4-7,9-15H,1,8,16H2,2-3H3,(H,24,25);2-7H,1H3/b17-12-,18-13+;. The highest BCUT2D eigenvalue weighted by atomic mass is 15.0. The van der Waals surface area contributed by atoms with Crippen molar-refractivity contribution in [2.45, 2.75) is 27.2 Å². The molecule has 0 radical (unpaired) electrons. The minimum atomic E-state index is 0.901. The number of pyridine rings is 2. The summed E-state index contributed by atoms with van der Waals surface area (Å²) >= 11 is 0. The minimum absolute atomic E-state index is 0.901. The normalized spacial score (nSPS) is 13.5. The molecule has 1 N–H and O–H groups in total. The van der Waals surface area contributed by atoms with Crippen LogP contribution in [0.1, 0.15) is 42.7 Å². The zero-order valence-corrected chi connectivity index (χ0v) is 21.3. The number of nitrogens with zero attached hydrogens (tertiary/aromatic N) is 2. The summed E-state index contributed by atoms with van der Waals surface area (Å²) in [4.78, 5) is 9.10. The van der Waals surface area contributed by atoms with Gasteiger partial charge in [-0.1, -0.05) is 84.5 Å². The number of hydrogen-bond acceptors (Lipinski definition) is 3. The fourth-order valence-electron chi connectivity index (χ4n) is 4.04. The van der Waals surface area contributed by atoms with Crippen LogP contribution < -0.4 is 5.32 Å². The van der Waals surface area contributed by atoms with Gasteiger partial charge in [0.25, 0.3) is 0 Å². The molecule has 0 unspecified atom stereocenters. The molecular weight excluding hydrogens is 438 g/mol. The number of allylic oxidation sites excluding steroid dienone is 5. The molecule has 4 aromatic rings. The van der Waals surface area contributed by atoms with Crippen LogP contribution in [0.5, 0.6) is 0 Å². The molecule has 3 heteroatoms. The second-order valence-electron chi connectivity index (χ2n) is 8.96. The van der Waals surface area contributed by atoms with Gasteiger partial charge in [-0.15, -0.1) is 0 Å². The average Bonchev–Trinajstić information content (AvgIpc) is 3.14. The molecule has 0 saturated heterocycles. The van der Waals surface area contributed by atoms with E-state index in [4.69, 9.17) is 4.98 Å². The van der Waals surface area contributed by atoms with Crippen molar-refractivity contribution < 1.29 is 0 Å². The molecular formula is C33H33N3. The Morgan fingerprint density at radius 3 is 2.58 bits per heavy atom. The molecule has 5 rings (SSSR count). The molecule has 0 aliphatic carbocycles. The van der Waals surface area contributed by atoms with E-state index < -0.39 is 0 Å². The van der Waals surface area contributed by atoms with Crippen molar-refractivity contribution >= 4 is 27.9 Å². The zero-order valence-electron chi connectivity index (χ0n) is 21.3. The molecule has 2 aromatic heterocycles. The maximum atomic E-state index is 4.88. The molecule has 0 fully saturated rings. The number of aryl methyl sites for hydroxylation is 1. The third-order valence-electron chi connectivity index (χ3n) is 6.14. The van der Waals surface area contributed by atoms with Crippen LogP contribution in [0, 0.1) is 6.92 Å². The van der Waals surface area contributed by atoms with Crippen LogP contribution in [0.3, 0.4) is 0 Å². The van der Waals surface area contributed by atoms with E-state index in [0.29, 0.717) is 0 Å². The van der Waals surface area contributed by atoms with Crippen molar-refractivity contribution in [3.8, 4) is 0 Å². The lowest BCUT2D eigenvalue weighted by molar-refractivity contribution is 1.06. The van der Waals surface area contributed by atoms with Crippen molar-refractivity contribution in [1.82, 2.24) is 9.97 Å². The van der Waals surface area contributed by atoms with Gasteiger partial charge in [0.2, 0.25) is 0 Å². The van der Waals surface area contributed by atoms with Crippen LogP contribution in [-0.4, -0.2) is 16.5 Å². The smallest absolute Gasteiger partial charge is 0.134 e. The maximum Gasteiger partial charge on any atom is 0.134 e. The predicted molar refractivity (Wildman–Crippen MR) is 155 cm³/mol. The predicted octanol–water partition coefficient (Wildman–Crippen LogP) is 8.41. The second kappa shape index (κ2) is 11.9. The Morgan fingerprint density at radius 2 is 1.78 bits per heavy atom. The van der Waals surface area contributed by atoms with Gasteiger partial charge < -0.3 is 5.32 Å². The maximum absolute atomic E-state index is 4.88. The number of anilines is 1. The minimum Gasteiger partial charge on any atom is -0.369 e. The van der Waals surface area contributed by atoms with Gasteiger partial charge in [0.15, 0.2) is 0 Å². The Labute approximate surface area is 214 Å². The number of benzene rings is 2. The SMILES string of the molecule is C=C/C(C)=C\C=C(/C)c1ccc2c(n1)NCCC=C2c1ccccc1.Cc1ccc2ncccc2c1. The van der Waals surface area contributed by atoms with Crippen LogP contribution >= 0.6 is 0 Å². The first kappa shape index (κ1) is 24.9. The zero-order chi connectivity index (χ0) is 25.3. The van der Waals surface area contributed by atoms with E-state index in [-0.39, 0.29) is 0 Å². The molecule has 1 aliphatic heterocycles. The summed E-state index contributed by atoms with van der Waals surface area (Å²) in [6, 6.07) is 25.1. The molecule has 2 aromatic carbocycles. The van der Waals surface area contributed by atoms with Gasteiger partial charge in [0, 0.05) is 23.7 Å². The van der Waals surface area contributed by atoms with Crippen molar-refractivity contribution in [1.29, 1.82) is 0 Å². The molecule has 3 nitrogen and oxygen atoms in total. The number of rotatable bonds is 4. The van der Waals surface area contributed by atoms with Crippen LogP contribution in [0.15, 0.2) is 115 Å². The van der Waals surface area contributed by atoms with Crippen LogP contribution in [0.2, 0.25) is 0 Å². The lowest BCUT2D eigenvalue weighted by Gasteiger charge is -2.13. The van der Waals surface area contributed by atoms with Gasteiger partial charge in [-0.25, -0.2) is 4.98 Å². The Hall–Kier alpha value is -4.24. The monoisotopic (exact) mass is 471 g/mol. The van der Waals surface area contributed by atoms with Gasteiger partial charge in [0.1, 0.15) is 5.82 Å². The van der Waals surface area contributed by atoms with Crippen LogP contribution in [0.25, 0.3) is 22.0 Å². The van der Waals surface area contributed by atoms with E-state index in [1.807, 2.05) is 37.4 Å². The highest BCUT2D eigenvalue weighted by Crippen LogP contribution is 2.32. The summed E-state index contributed by atoms with van der Waals surface area (Å²) in [5.74, 6) is 0.960. The van der Waals surface area contributed by atoms with Gasteiger partial charge in [-0.05, 0) is 74.2 Å². The molecule has 0 amide bonds. The summed E-state index contributed by atoms with van der Waals surface area (Å²) in [5.41, 5.74) is 9.28. The van der Waals surface area contributed by atoms with Crippen LogP contribution in [-0.2, 0) is 0 Å².